The number of hydrogen-bond acceptors (Lipinski definition) is 0. The van der Waals surface area contributed by atoms with E-state index in [0.29, 0.717) is 10.6 Å². The average Bonchev–Trinajstić information content (AvgIpc) is 2.29. The zero-order chi connectivity index (χ0) is 12.5. The minimum Gasteiger partial charge on any atom is -0.445 e. The first-order valence-electron chi connectivity index (χ1n) is 5.03. The summed E-state index contributed by atoms with van der Waals surface area (Å²) in [5, 5.41) is 0.560. The van der Waals surface area contributed by atoms with Crippen LogP contribution in [0.4, 0.5) is 12.9 Å². The summed E-state index contributed by atoms with van der Waals surface area (Å²) in [5.74, 6) is 0. The van der Waals surface area contributed by atoms with Gasteiger partial charge in [0, 0.05) is 5.02 Å². The second-order valence-corrected chi connectivity index (χ2v) is 4.14. The second-order valence-electron chi connectivity index (χ2n) is 3.71. The van der Waals surface area contributed by atoms with Crippen molar-refractivity contribution in [2.24, 2.45) is 0 Å². The van der Waals surface area contributed by atoms with E-state index in [1.54, 1.807) is 30.3 Å². The molecule has 0 radical (unpaired) electrons. The van der Waals surface area contributed by atoms with E-state index in [1.807, 2.05) is 0 Å². The van der Waals surface area contributed by atoms with Crippen molar-refractivity contribution in [1.29, 1.82) is 0 Å². The van der Waals surface area contributed by atoms with Crippen LogP contribution in [0.25, 0.3) is 11.1 Å². The Labute approximate surface area is 151 Å². The van der Waals surface area contributed by atoms with Gasteiger partial charge in [-0.25, -0.2) is 0 Å². The predicted octanol–water partition coefficient (Wildman–Crippen LogP) is 1.07. The van der Waals surface area contributed by atoms with Crippen LogP contribution < -0.4 is 56.8 Å². The van der Waals surface area contributed by atoms with E-state index in [-0.39, 0.29) is 51.4 Å². The number of rotatable bonds is 2. The van der Waals surface area contributed by atoms with E-state index in [4.69, 9.17) is 11.6 Å². The largest absolute Gasteiger partial charge is 1.00 e. The molecule has 2 aromatic carbocycles. The van der Waals surface area contributed by atoms with Gasteiger partial charge in [0.05, 0.1) is 0 Å². The van der Waals surface area contributed by atoms with Crippen LogP contribution in [-0.2, 0) is 0 Å². The van der Waals surface area contributed by atoms with E-state index in [0.717, 1.165) is 17.7 Å². The van der Waals surface area contributed by atoms with Crippen molar-refractivity contribution in [1.82, 2.24) is 0 Å². The van der Waals surface area contributed by atoms with Gasteiger partial charge >= 0.3 is 58.4 Å². The topological polar surface area (TPSA) is 0 Å². The molecular formula is C12H8BClF3K. The van der Waals surface area contributed by atoms with Crippen LogP contribution in [0.15, 0.2) is 48.5 Å². The van der Waals surface area contributed by atoms with Crippen LogP contribution in [-0.4, -0.2) is 6.98 Å². The smallest absolute Gasteiger partial charge is 0.445 e. The standard InChI is InChI=1S/C12H8BClF3.K/c14-12-6-4-9(5-7-12)10-2-1-3-11(8-10)13(15,16)17;/h1-8H;/q-1;+1. The van der Waals surface area contributed by atoms with Crippen molar-refractivity contribution in [2.75, 3.05) is 0 Å². The Bertz CT molecular complexity index is 526. The molecule has 0 aliphatic carbocycles. The zero-order valence-corrected chi connectivity index (χ0v) is 13.6. The summed E-state index contributed by atoms with van der Waals surface area (Å²) in [5.41, 5.74) is 0.673. The summed E-state index contributed by atoms with van der Waals surface area (Å²) in [6.45, 7) is -4.95. The molecule has 0 nitrogen and oxygen atoms in total. The molecule has 0 saturated heterocycles. The summed E-state index contributed by atoms with van der Waals surface area (Å²) in [7, 11) is 0. The van der Waals surface area contributed by atoms with Gasteiger partial charge in [0.2, 0.25) is 0 Å². The van der Waals surface area contributed by atoms with Gasteiger partial charge in [0.25, 0.3) is 0 Å². The molecule has 0 saturated carbocycles. The molecule has 6 heteroatoms. The molecule has 0 aliphatic heterocycles. The Morgan fingerprint density at radius 1 is 0.833 bits per heavy atom. The summed E-state index contributed by atoms with van der Waals surface area (Å²) in [6, 6.07) is 12.0. The molecule has 0 heterocycles. The molecule has 88 valence electrons. The molecule has 0 atom stereocenters. The van der Waals surface area contributed by atoms with Gasteiger partial charge in [-0.2, -0.15) is 0 Å². The molecule has 0 N–H and O–H groups in total. The molecule has 0 aromatic heterocycles. The molecule has 0 spiro atoms. The Morgan fingerprint density at radius 3 is 2.00 bits per heavy atom. The van der Waals surface area contributed by atoms with Gasteiger partial charge in [0.15, 0.2) is 0 Å². The molecule has 0 bridgehead atoms. The van der Waals surface area contributed by atoms with E-state index >= 15 is 0 Å². The number of benzene rings is 2. The van der Waals surface area contributed by atoms with Gasteiger partial charge in [-0.1, -0.05) is 48.0 Å². The van der Waals surface area contributed by atoms with Crippen LogP contribution in [0.5, 0.6) is 0 Å². The minimum absolute atomic E-state index is 0. The third kappa shape index (κ3) is 4.11. The van der Waals surface area contributed by atoms with E-state index < -0.39 is 12.4 Å². The molecule has 0 fully saturated rings. The van der Waals surface area contributed by atoms with Crippen molar-refractivity contribution >= 4 is 24.0 Å². The first kappa shape index (κ1) is 16.3. The van der Waals surface area contributed by atoms with Gasteiger partial charge in [-0.15, -0.1) is 5.46 Å². The minimum atomic E-state index is -4.95. The first-order valence-corrected chi connectivity index (χ1v) is 5.40. The predicted molar refractivity (Wildman–Crippen MR) is 65.6 cm³/mol. The monoisotopic (exact) mass is 294 g/mol. The molecular weight excluding hydrogens is 286 g/mol. The zero-order valence-electron chi connectivity index (χ0n) is 9.71. The molecule has 0 aliphatic rings. The van der Waals surface area contributed by atoms with Crippen molar-refractivity contribution in [3.05, 3.63) is 53.6 Å². The Balaban J connectivity index is 0.00000162. The van der Waals surface area contributed by atoms with Crippen LogP contribution in [0.2, 0.25) is 5.02 Å². The van der Waals surface area contributed by atoms with Crippen LogP contribution in [0, 0.1) is 0 Å². The fraction of sp³-hybridized carbons (Fsp3) is 0. The fourth-order valence-electron chi connectivity index (χ4n) is 1.56. The van der Waals surface area contributed by atoms with Crippen molar-refractivity contribution in [2.45, 2.75) is 0 Å². The van der Waals surface area contributed by atoms with E-state index in [9.17, 15) is 12.9 Å². The Hall–Kier alpha value is 0.221. The normalized spacial score (nSPS) is 10.9. The van der Waals surface area contributed by atoms with Crippen molar-refractivity contribution in [3.8, 4) is 11.1 Å². The first-order chi connectivity index (χ1) is 7.97. The van der Waals surface area contributed by atoms with Gasteiger partial charge in [-0.3, -0.25) is 0 Å². The van der Waals surface area contributed by atoms with Gasteiger partial charge in [0.1, 0.15) is 0 Å². The number of halogens is 4. The maximum Gasteiger partial charge on any atom is 1.00 e. The van der Waals surface area contributed by atoms with E-state index in [1.165, 1.54) is 6.07 Å². The second kappa shape index (κ2) is 6.59. The quantitative estimate of drug-likeness (QED) is 0.727. The Morgan fingerprint density at radius 2 is 1.44 bits per heavy atom. The molecule has 0 unspecified atom stereocenters. The summed E-state index contributed by atoms with van der Waals surface area (Å²) >= 11 is 5.73. The van der Waals surface area contributed by atoms with Crippen molar-refractivity contribution < 1.29 is 64.3 Å². The van der Waals surface area contributed by atoms with Gasteiger partial charge < -0.3 is 12.9 Å². The molecule has 2 rings (SSSR count). The maximum atomic E-state index is 12.6. The van der Waals surface area contributed by atoms with Crippen LogP contribution >= 0.6 is 11.6 Å². The van der Waals surface area contributed by atoms with Gasteiger partial charge in [-0.05, 0) is 23.3 Å². The average molecular weight is 295 g/mol. The maximum absolute atomic E-state index is 12.6. The summed E-state index contributed by atoms with van der Waals surface area (Å²) in [6.07, 6.45) is 0. The third-order valence-electron chi connectivity index (χ3n) is 2.44. The molecule has 2 aromatic rings. The van der Waals surface area contributed by atoms with Crippen molar-refractivity contribution in [3.63, 3.8) is 0 Å². The van der Waals surface area contributed by atoms with Crippen LogP contribution in [0.1, 0.15) is 0 Å². The van der Waals surface area contributed by atoms with Crippen LogP contribution in [0.3, 0.4) is 0 Å². The molecule has 18 heavy (non-hydrogen) atoms. The summed E-state index contributed by atoms with van der Waals surface area (Å²) < 4.78 is 37.8. The SMILES string of the molecule is F[B-](F)(F)c1cccc(-c2ccc(Cl)cc2)c1.[K+]. The number of hydrogen-bond donors (Lipinski definition) is 0. The third-order valence-corrected chi connectivity index (χ3v) is 2.69. The Kier molecular flexibility index (Phi) is 5.96. The summed E-state index contributed by atoms with van der Waals surface area (Å²) in [4.78, 5) is 0. The fourth-order valence-corrected chi connectivity index (χ4v) is 1.69. The van der Waals surface area contributed by atoms with E-state index in [2.05, 4.69) is 0 Å². The molecule has 0 amide bonds.